The molecule has 2 aliphatic heterocycles. The first-order valence-corrected chi connectivity index (χ1v) is 17.4. The number of hydrogen-bond acceptors (Lipinski definition) is 1. The number of benzene rings is 8. The molecule has 0 saturated heterocycles. The second-order valence-corrected chi connectivity index (χ2v) is 13.7. The molecular weight excluding hydrogens is 605 g/mol. The SMILES string of the molecule is c1ccc(-n2ccc3cc4c5c(c32)-c2cccc3c6ccccc6n(c23)B5c2c(ccc3ccccc23)N4c2ccc3ccccc3c2)cc1. The molecule has 4 heteroatoms. The van der Waals surface area contributed by atoms with Crippen molar-refractivity contribution in [1.82, 2.24) is 9.05 Å². The number of hydrogen-bond donors (Lipinski definition) is 0. The van der Waals surface area contributed by atoms with E-state index >= 15 is 0 Å². The lowest BCUT2D eigenvalue weighted by molar-refractivity contribution is 1.13. The molecule has 12 rings (SSSR count). The van der Waals surface area contributed by atoms with E-state index in [0.29, 0.717) is 0 Å². The van der Waals surface area contributed by atoms with E-state index in [0.717, 1.165) is 0 Å². The van der Waals surface area contributed by atoms with Crippen LogP contribution >= 0.6 is 0 Å². The first kappa shape index (κ1) is 26.4. The molecule has 4 heterocycles. The average Bonchev–Trinajstić information content (AvgIpc) is 3.76. The van der Waals surface area contributed by atoms with E-state index < -0.39 is 0 Å². The standard InChI is InChI=1S/C46H28BN3/c1-2-14-33(15-3-1)48-26-25-32-28-41-44-42(45(32)48)38-19-10-18-37-36-17-8-9-20-39(36)50(46(37)38)47(44)43-35-16-7-6-12-30(35)22-24-40(43)49(41)34-23-21-29-11-4-5-13-31(29)27-34/h1-28H. The summed E-state index contributed by atoms with van der Waals surface area (Å²) in [6.45, 7) is -0.0290. The van der Waals surface area contributed by atoms with Crippen LogP contribution in [0.1, 0.15) is 0 Å². The third-order valence-electron chi connectivity index (χ3n) is 11.3. The Morgan fingerprint density at radius 2 is 1.16 bits per heavy atom. The molecule has 3 nitrogen and oxygen atoms in total. The number of fused-ring (bicyclic) bond motifs is 12. The number of rotatable bonds is 2. The molecule has 0 unspecified atom stereocenters. The van der Waals surface area contributed by atoms with E-state index in [2.05, 4.69) is 184 Å². The van der Waals surface area contributed by atoms with E-state index in [1.807, 2.05) is 0 Å². The molecule has 0 N–H and O–H groups in total. The van der Waals surface area contributed by atoms with Crippen LogP contribution in [0.5, 0.6) is 0 Å². The Bertz CT molecular complexity index is 3060. The molecule has 50 heavy (non-hydrogen) atoms. The fraction of sp³-hybridized carbons (Fsp3) is 0. The fourth-order valence-electron chi connectivity index (χ4n) is 9.26. The van der Waals surface area contributed by atoms with E-state index in [4.69, 9.17) is 0 Å². The molecule has 2 aliphatic rings. The Labute approximate surface area is 288 Å². The summed E-state index contributed by atoms with van der Waals surface area (Å²) in [6.07, 6.45) is 2.25. The van der Waals surface area contributed by atoms with Gasteiger partial charge in [-0.05, 0) is 81.0 Å². The van der Waals surface area contributed by atoms with Crippen molar-refractivity contribution in [3.63, 3.8) is 0 Å². The zero-order valence-corrected chi connectivity index (χ0v) is 27.1. The highest BCUT2D eigenvalue weighted by molar-refractivity contribution is 6.92. The highest BCUT2D eigenvalue weighted by atomic mass is 15.2. The van der Waals surface area contributed by atoms with Gasteiger partial charge in [0.15, 0.2) is 0 Å². The number of nitrogens with zero attached hydrogens (tertiary/aromatic N) is 3. The van der Waals surface area contributed by atoms with Gasteiger partial charge in [-0.2, -0.15) is 0 Å². The van der Waals surface area contributed by atoms with Crippen molar-refractivity contribution in [2.24, 2.45) is 0 Å². The topological polar surface area (TPSA) is 13.1 Å². The molecule has 0 atom stereocenters. The molecule has 2 aromatic heterocycles. The van der Waals surface area contributed by atoms with Crippen LogP contribution in [0.25, 0.3) is 71.1 Å². The molecule has 0 fully saturated rings. The lowest BCUT2D eigenvalue weighted by Crippen LogP contribution is -2.57. The van der Waals surface area contributed by atoms with Crippen molar-refractivity contribution in [1.29, 1.82) is 0 Å². The van der Waals surface area contributed by atoms with E-state index in [1.54, 1.807) is 0 Å². The highest BCUT2D eigenvalue weighted by Gasteiger charge is 2.44. The molecular formula is C46H28BN3. The van der Waals surface area contributed by atoms with Gasteiger partial charge in [0, 0.05) is 67.3 Å². The number of para-hydroxylation sites is 3. The monoisotopic (exact) mass is 633 g/mol. The van der Waals surface area contributed by atoms with Gasteiger partial charge in [-0.15, -0.1) is 0 Å². The second kappa shape index (κ2) is 9.55. The normalized spacial score (nSPS) is 13.1. The molecule has 0 radical (unpaired) electrons. The summed E-state index contributed by atoms with van der Waals surface area (Å²) in [5.41, 5.74) is 14.0. The van der Waals surface area contributed by atoms with Crippen molar-refractivity contribution >= 4 is 89.1 Å². The first-order valence-electron chi connectivity index (χ1n) is 17.4. The zero-order valence-electron chi connectivity index (χ0n) is 27.1. The molecule has 230 valence electrons. The van der Waals surface area contributed by atoms with Crippen LogP contribution in [0.2, 0.25) is 0 Å². The van der Waals surface area contributed by atoms with Crippen LogP contribution in [0, 0.1) is 0 Å². The maximum atomic E-state index is 2.66. The summed E-state index contributed by atoms with van der Waals surface area (Å²) in [4.78, 5) is 2.54. The summed E-state index contributed by atoms with van der Waals surface area (Å²) >= 11 is 0. The third-order valence-corrected chi connectivity index (χ3v) is 11.3. The Balaban J connectivity index is 1.32. The van der Waals surface area contributed by atoms with Crippen molar-refractivity contribution < 1.29 is 0 Å². The van der Waals surface area contributed by atoms with Crippen molar-refractivity contribution in [3.8, 4) is 16.8 Å². The molecule has 0 aliphatic carbocycles. The molecule has 8 aromatic carbocycles. The van der Waals surface area contributed by atoms with Gasteiger partial charge in [0.05, 0.1) is 5.52 Å². The van der Waals surface area contributed by atoms with Crippen LogP contribution in [-0.2, 0) is 0 Å². The Kier molecular flexibility index (Phi) is 5.05. The lowest BCUT2D eigenvalue weighted by atomic mass is 9.44. The van der Waals surface area contributed by atoms with Gasteiger partial charge < -0.3 is 13.9 Å². The molecule has 10 aromatic rings. The molecule has 0 saturated carbocycles. The minimum absolute atomic E-state index is 0.0290. The van der Waals surface area contributed by atoms with Crippen LogP contribution in [0.4, 0.5) is 17.1 Å². The summed E-state index contributed by atoms with van der Waals surface area (Å²) in [5.74, 6) is 0. The van der Waals surface area contributed by atoms with Crippen molar-refractivity contribution in [2.45, 2.75) is 0 Å². The highest BCUT2D eigenvalue weighted by Crippen LogP contribution is 2.48. The Morgan fingerprint density at radius 1 is 0.420 bits per heavy atom. The Morgan fingerprint density at radius 3 is 2.06 bits per heavy atom. The first-order chi connectivity index (χ1) is 24.8. The summed E-state index contributed by atoms with van der Waals surface area (Å²) in [5, 5.41) is 8.88. The van der Waals surface area contributed by atoms with Crippen molar-refractivity contribution in [3.05, 3.63) is 170 Å². The zero-order chi connectivity index (χ0) is 32.5. The predicted molar refractivity (Wildman–Crippen MR) is 212 cm³/mol. The largest absolute Gasteiger partial charge is 0.375 e. The second-order valence-electron chi connectivity index (χ2n) is 13.7. The molecule has 0 bridgehead atoms. The Hall–Kier alpha value is -6.52. The van der Waals surface area contributed by atoms with Crippen molar-refractivity contribution in [2.75, 3.05) is 4.90 Å². The van der Waals surface area contributed by atoms with Crippen LogP contribution in [0.15, 0.2) is 170 Å². The lowest BCUT2D eigenvalue weighted by Gasteiger charge is -2.41. The number of anilines is 3. The molecule has 0 amide bonds. The third kappa shape index (κ3) is 3.30. The van der Waals surface area contributed by atoms with Crippen LogP contribution in [-0.4, -0.2) is 15.9 Å². The van der Waals surface area contributed by atoms with E-state index in [-0.39, 0.29) is 6.85 Å². The maximum Gasteiger partial charge on any atom is 0.333 e. The summed E-state index contributed by atoms with van der Waals surface area (Å²) in [6, 6.07) is 60.7. The number of aromatic nitrogens is 2. The van der Waals surface area contributed by atoms with Gasteiger partial charge in [0.25, 0.3) is 0 Å². The predicted octanol–water partition coefficient (Wildman–Crippen LogP) is 10.5. The maximum absolute atomic E-state index is 2.66. The minimum Gasteiger partial charge on any atom is -0.375 e. The minimum atomic E-state index is -0.0290. The van der Waals surface area contributed by atoms with Gasteiger partial charge in [0.1, 0.15) is 0 Å². The van der Waals surface area contributed by atoms with Crippen LogP contribution in [0.3, 0.4) is 0 Å². The smallest absolute Gasteiger partial charge is 0.333 e. The summed E-state index contributed by atoms with van der Waals surface area (Å²) < 4.78 is 5.06. The van der Waals surface area contributed by atoms with Gasteiger partial charge in [-0.1, -0.05) is 115 Å². The van der Waals surface area contributed by atoms with Crippen LogP contribution < -0.4 is 15.8 Å². The van der Waals surface area contributed by atoms with E-state index in [9.17, 15) is 0 Å². The summed E-state index contributed by atoms with van der Waals surface area (Å²) in [7, 11) is 0. The van der Waals surface area contributed by atoms with Gasteiger partial charge in [-0.3, -0.25) is 0 Å². The fourth-order valence-corrected chi connectivity index (χ4v) is 9.26. The van der Waals surface area contributed by atoms with Gasteiger partial charge >= 0.3 is 6.85 Å². The van der Waals surface area contributed by atoms with Gasteiger partial charge in [-0.25, -0.2) is 0 Å². The molecule has 0 spiro atoms. The quantitative estimate of drug-likeness (QED) is 0.173. The van der Waals surface area contributed by atoms with Gasteiger partial charge in [0.2, 0.25) is 0 Å². The van der Waals surface area contributed by atoms with E-state index in [1.165, 1.54) is 99.1 Å². The average molecular weight is 634 g/mol.